The summed E-state index contributed by atoms with van der Waals surface area (Å²) in [6.07, 6.45) is 0. The molecule has 0 fully saturated rings. The van der Waals surface area contributed by atoms with Crippen molar-refractivity contribution < 1.29 is 0 Å². The normalized spacial score (nSPS) is 12.9. The molecule has 0 N–H and O–H groups in total. The fourth-order valence-electron chi connectivity index (χ4n) is 7.93. The Balaban J connectivity index is 1.49. The molecule has 2 nitrogen and oxygen atoms in total. The number of benzene rings is 8. The molecule has 49 heavy (non-hydrogen) atoms. The Bertz CT molecular complexity index is 2370. The number of rotatable bonds is 6. The van der Waals surface area contributed by atoms with Gasteiger partial charge in [0, 0.05) is 49.7 Å². The molecule has 0 aromatic heterocycles. The Morgan fingerprint density at radius 2 is 0.694 bits per heavy atom. The molecule has 0 unspecified atom stereocenters. The molecule has 0 bridgehead atoms. The van der Waals surface area contributed by atoms with E-state index in [-0.39, 0.29) is 5.41 Å². The maximum Gasteiger partial charge on any atom is 0.0620 e. The summed E-state index contributed by atoms with van der Waals surface area (Å²) in [5, 5.41) is 4.82. The molecule has 234 valence electrons. The van der Waals surface area contributed by atoms with Crippen molar-refractivity contribution in [3.05, 3.63) is 193 Å². The monoisotopic (exact) mass is 628 g/mol. The zero-order valence-electron chi connectivity index (χ0n) is 27.7. The first kappa shape index (κ1) is 29.1. The minimum absolute atomic E-state index is 0.147. The topological polar surface area (TPSA) is 6.48 Å². The third kappa shape index (κ3) is 4.63. The standard InChI is InChI=1S/C47H36N2/c1-47(2)43-30-18-17-27-37(43)40-31-41-42(32-44(40)47)46(49(35-23-11-5-12-24-35)36-25-13-6-14-26-36)39-29-16-15-28-38(39)45(41)48(33-19-7-3-8-20-33)34-21-9-4-10-22-34/h3-32H,1-2H3. The van der Waals surface area contributed by atoms with Crippen molar-refractivity contribution in [3.63, 3.8) is 0 Å². The molecule has 0 atom stereocenters. The van der Waals surface area contributed by atoms with Gasteiger partial charge in [0.2, 0.25) is 0 Å². The predicted octanol–water partition coefficient (Wildman–Crippen LogP) is 13.2. The van der Waals surface area contributed by atoms with Crippen LogP contribution >= 0.6 is 0 Å². The van der Waals surface area contributed by atoms with Gasteiger partial charge < -0.3 is 9.80 Å². The van der Waals surface area contributed by atoms with Gasteiger partial charge in [0.05, 0.1) is 11.4 Å². The first-order chi connectivity index (χ1) is 24.1. The van der Waals surface area contributed by atoms with Crippen molar-refractivity contribution >= 4 is 55.7 Å². The van der Waals surface area contributed by atoms with E-state index in [9.17, 15) is 0 Å². The Hall–Kier alpha value is -6.12. The Kier molecular flexibility index (Phi) is 6.84. The molecule has 9 rings (SSSR count). The second-order valence-corrected chi connectivity index (χ2v) is 13.4. The summed E-state index contributed by atoms with van der Waals surface area (Å²) in [5.41, 5.74) is 12.1. The molecule has 0 saturated heterocycles. The number of anilines is 6. The van der Waals surface area contributed by atoms with E-state index in [4.69, 9.17) is 0 Å². The van der Waals surface area contributed by atoms with Crippen LogP contribution in [0.3, 0.4) is 0 Å². The summed E-state index contributed by atoms with van der Waals surface area (Å²) in [6.45, 7) is 4.75. The highest BCUT2D eigenvalue weighted by Crippen LogP contribution is 2.56. The molecule has 0 spiro atoms. The quantitative estimate of drug-likeness (QED) is 0.134. The lowest BCUT2D eigenvalue weighted by atomic mass is 9.81. The van der Waals surface area contributed by atoms with Crippen LogP contribution in [0.2, 0.25) is 0 Å². The van der Waals surface area contributed by atoms with Crippen LogP contribution in [0.25, 0.3) is 32.7 Å². The zero-order chi connectivity index (χ0) is 33.0. The summed E-state index contributed by atoms with van der Waals surface area (Å²) >= 11 is 0. The fraction of sp³-hybridized carbons (Fsp3) is 0.0638. The van der Waals surface area contributed by atoms with Crippen LogP contribution in [0.4, 0.5) is 34.1 Å². The van der Waals surface area contributed by atoms with Gasteiger partial charge in [0.1, 0.15) is 0 Å². The second-order valence-electron chi connectivity index (χ2n) is 13.4. The molecule has 8 aromatic rings. The van der Waals surface area contributed by atoms with Crippen LogP contribution in [0.15, 0.2) is 182 Å². The van der Waals surface area contributed by atoms with Gasteiger partial charge in [-0.1, -0.05) is 135 Å². The molecule has 0 saturated carbocycles. The molecular formula is C47H36N2. The van der Waals surface area contributed by atoms with Crippen molar-refractivity contribution in [2.24, 2.45) is 0 Å². The number of hydrogen-bond acceptors (Lipinski definition) is 2. The van der Waals surface area contributed by atoms with Gasteiger partial charge in [0.15, 0.2) is 0 Å². The Labute approximate surface area is 288 Å². The zero-order valence-corrected chi connectivity index (χ0v) is 27.7. The van der Waals surface area contributed by atoms with E-state index in [1.807, 2.05) is 0 Å². The molecule has 8 aromatic carbocycles. The highest BCUT2D eigenvalue weighted by atomic mass is 15.2. The van der Waals surface area contributed by atoms with Gasteiger partial charge in [0.25, 0.3) is 0 Å². The first-order valence-electron chi connectivity index (χ1n) is 17.0. The molecule has 2 heteroatoms. The third-order valence-electron chi connectivity index (χ3n) is 10.2. The minimum Gasteiger partial charge on any atom is -0.309 e. The average molecular weight is 629 g/mol. The highest BCUT2D eigenvalue weighted by Gasteiger charge is 2.37. The molecule has 0 heterocycles. The largest absolute Gasteiger partial charge is 0.309 e. The van der Waals surface area contributed by atoms with Gasteiger partial charge in [-0.15, -0.1) is 0 Å². The number of hydrogen-bond donors (Lipinski definition) is 0. The van der Waals surface area contributed by atoms with Crippen molar-refractivity contribution in [1.82, 2.24) is 0 Å². The highest BCUT2D eigenvalue weighted by molar-refractivity contribution is 6.24. The maximum atomic E-state index is 2.50. The Morgan fingerprint density at radius 3 is 1.14 bits per heavy atom. The predicted molar refractivity (Wildman–Crippen MR) is 208 cm³/mol. The van der Waals surface area contributed by atoms with Gasteiger partial charge in [-0.2, -0.15) is 0 Å². The van der Waals surface area contributed by atoms with Crippen LogP contribution < -0.4 is 9.80 Å². The lowest BCUT2D eigenvalue weighted by Crippen LogP contribution is -2.16. The minimum atomic E-state index is -0.147. The third-order valence-corrected chi connectivity index (χ3v) is 10.2. The van der Waals surface area contributed by atoms with E-state index >= 15 is 0 Å². The van der Waals surface area contributed by atoms with Gasteiger partial charge in [-0.05, 0) is 82.9 Å². The average Bonchev–Trinajstić information content (AvgIpc) is 3.39. The van der Waals surface area contributed by atoms with Crippen LogP contribution in [0, 0.1) is 0 Å². The molecule has 1 aliphatic carbocycles. The number of fused-ring (bicyclic) bond motifs is 5. The van der Waals surface area contributed by atoms with Crippen LogP contribution in [-0.4, -0.2) is 0 Å². The summed E-state index contributed by atoms with van der Waals surface area (Å²) in [6, 6.07) is 66.1. The SMILES string of the molecule is CC1(C)c2ccccc2-c2cc3c(N(c4ccccc4)c4ccccc4)c4ccccc4c(N(c4ccccc4)c4ccccc4)c3cc21. The van der Waals surface area contributed by atoms with Gasteiger partial charge >= 0.3 is 0 Å². The summed E-state index contributed by atoms with van der Waals surface area (Å²) in [7, 11) is 0. The van der Waals surface area contributed by atoms with Crippen molar-refractivity contribution in [1.29, 1.82) is 0 Å². The smallest absolute Gasteiger partial charge is 0.0620 e. The summed E-state index contributed by atoms with van der Waals surface area (Å²) < 4.78 is 0. The lowest BCUT2D eigenvalue weighted by molar-refractivity contribution is 0.661. The van der Waals surface area contributed by atoms with E-state index in [1.165, 1.54) is 55.2 Å². The van der Waals surface area contributed by atoms with Gasteiger partial charge in [-0.3, -0.25) is 0 Å². The van der Waals surface area contributed by atoms with Gasteiger partial charge in [-0.25, -0.2) is 0 Å². The van der Waals surface area contributed by atoms with Crippen molar-refractivity contribution in [2.45, 2.75) is 19.3 Å². The van der Waals surface area contributed by atoms with E-state index in [2.05, 4.69) is 206 Å². The first-order valence-corrected chi connectivity index (χ1v) is 17.0. The van der Waals surface area contributed by atoms with Crippen molar-refractivity contribution in [3.8, 4) is 11.1 Å². The summed E-state index contributed by atoms with van der Waals surface area (Å²) in [4.78, 5) is 4.90. The van der Waals surface area contributed by atoms with Crippen molar-refractivity contribution in [2.75, 3.05) is 9.80 Å². The van der Waals surface area contributed by atoms with Crippen LogP contribution in [-0.2, 0) is 5.41 Å². The van der Waals surface area contributed by atoms with E-state index in [1.54, 1.807) is 0 Å². The van der Waals surface area contributed by atoms with E-state index in [0.29, 0.717) is 0 Å². The second kappa shape index (κ2) is 11.5. The Morgan fingerprint density at radius 1 is 0.327 bits per heavy atom. The van der Waals surface area contributed by atoms with Crippen LogP contribution in [0.1, 0.15) is 25.0 Å². The van der Waals surface area contributed by atoms with Crippen LogP contribution in [0.5, 0.6) is 0 Å². The molecule has 0 aliphatic heterocycles. The number of para-hydroxylation sites is 4. The van der Waals surface area contributed by atoms with E-state index < -0.39 is 0 Å². The maximum absolute atomic E-state index is 2.50. The molecular weight excluding hydrogens is 593 g/mol. The fourth-order valence-corrected chi connectivity index (χ4v) is 7.93. The molecule has 0 amide bonds. The molecule has 0 radical (unpaired) electrons. The van der Waals surface area contributed by atoms with E-state index in [0.717, 1.165) is 22.7 Å². The molecule has 1 aliphatic rings. The summed E-state index contributed by atoms with van der Waals surface area (Å²) in [5.74, 6) is 0. The number of nitrogens with zero attached hydrogens (tertiary/aromatic N) is 2. The lowest BCUT2D eigenvalue weighted by Gasteiger charge is -2.33.